The van der Waals surface area contributed by atoms with Crippen molar-refractivity contribution in [2.75, 3.05) is 72.0 Å². The van der Waals surface area contributed by atoms with Gasteiger partial charge in [0.15, 0.2) is 11.7 Å². The first-order valence-corrected chi connectivity index (χ1v) is 47.3. The van der Waals surface area contributed by atoms with Crippen LogP contribution in [-0.2, 0) is 107 Å². The number of hydrogen-bond acceptors (Lipinski definition) is 22. The summed E-state index contributed by atoms with van der Waals surface area (Å²) in [5.74, 6) is -18.0. The van der Waals surface area contributed by atoms with Gasteiger partial charge in [-0.05, 0) is 110 Å². The first-order chi connectivity index (χ1) is 63.6. The molecule has 720 valence electrons. The summed E-state index contributed by atoms with van der Waals surface area (Å²) in [5.41, 5.74) is 19.7. The van der Waals surface area contributed by atoms with Gasteiger partial charge < -0.3 is 105 Å². The van der Waals surface area contributed by atoms with Gasteiger partial charge in [0.25, 0.3) is 0 Å². The molecule has 3 saturated heterocycles. The van der Waals surface area contributed by atoms with Crippen LogP contribution in [0.25, 0.3) is 21.0 Å². The third-order valence-corrected chi connectivity index (χ3v) is 26.2. The Morgan fingerprint density at radius 3 is 1.76 bits per heavy atom. The fourth-order valence-electron chi connectivity index (χ4n) is 17.1. The monoisotopic (exact) mass is 1880 g/mol. The Kier molecular flexibility index (Phi) is 39.8. The molecule has 0 saturated carbocycles. The average molecular weight is 1880 g/mol. The maximum absolute atomic E-state index is 15.8. The number of para-hydroxylation sites is 1. The minimum Gasteiger partial charge on any atom is -0.394 e. The first-order valence-electron chi connectivity index (χ1n) is 45.3. The Balaban J connectivity index is 1.09. The third-order valence-electron chi connectivity index (χ3n) is 24.1. The van der Waals surface area contributed by atoms with E-state index in [0.29, 0.717) is 59.0 Å². The number of carbonyl (C=O) groups excluding carboxylic acids is 17. The van der Waals surface area contributed by atoms with Crippen molar-refractivity contribution in [2.45, 2.75) is 223 Å². The smallest absolute Gasteiger partial charge is 0.245 e. The highest BCUT2D eigenvalue weighted by Crippen LogP contribution is 2.31. The number of ketones is 2. The van der Waals surface area contributed by atoms with Crippen molar-refractivity contribution in [1.29, 1.82) is 5.41 Å². The van der Waals surface area contributed by atoms with Crippen LogP contribution in [0.2, 0.25) is 0 Å². The summed E-state index contributed by atoms with van der Waals surface area (Å²) in [4.78, 5) is 266. The van der Waals surface area contributed by atoms with Gasteiger partial charge in [0, 0.05) is 125 Å². The van der Waals surface area contributed by atoms with E-state index in [4.69, 9.17) is 22.6 Å². The molecule has 6 heterocycles. The molecule has 13 atom stereocenters. The Morgan fingerprint density at radius 2 is 1.13 bits per heavy atom. The molecule has 0 unspecified atom stereocenters. The van der Waals surface area contributed by atoms with Gasteiger partial charge in [-0.2, -0.15) is 11.8 Å². The number of amides is 15. The lowest BCUT2D eigenvalue weighted by Gasteiger charge is -2.36. The summed E-state index contributed by atoms with van der Waals surface area (Å²) in [6, 6.07) is 7.12. The number of aliphatic hydroxyl groups is 1. The highest BCUT2D eigenvalue weighted by atomic mass is 32.2. The Hall–Kier alpha value is -12.7. The number of H-pyrrole nitrogens is 2. The number of rotatable bonds is 26. The molecule has 3 aliphatic rings. The van der Waals surface area contributed by atoms with E-state index in [0.717, 1.165) is 26.7 Å². The number of unbranched alkanes of at least 4 members (excludes halogenated alkanes) is 2. The molecule has 6 aromatic rings. The van der Waals surface area contributed by atoms with E-state index in [9.17, 15) is 48.3 Å². The lowest BCUT2D eigenvalue weighted by atomic mass is 9.92. The van der Waals surface area contributed by atoms with Crippen molar-refractivity contribution < 1.29 is 86.6 Å². The molecule has 9 rings (SSSR count). The predicted octanol–water partition coefficient (Wildman–Crippen LogP) is 0.921. The van der Waals surface area contributed by atoms with Crippen LogP contribution in [-0.4, -0.2) is 289 Å². The van der Waals surface area contributed by atoms with Crippen LogP contribution in [0, 0.1) is 23.2 Å². The lowest BCUT2D eigenvalue weighted by molar-refractivity contribution is -0.149. The molecule has 0 bridgehead atoms. The summed E-state index contributed by atoms with van der Waals surface area (Å²) >= 11 is 2.24. The maximum atomic E-state index is 15.8. The number of nitrogens with zero attached hydrogens (tertiary/aromatic N) is 6. The fourth-order valence-corrected chi connectivity index (χ4v) is 19.0. The highest BCUT2D eigenvalue weighted by molar-refractivity contribution is 8.00. The minimum absolute atomic E-state index is 0.0122. The molecule has 19 N–H and O–H groups in total. The topological polar surface area (TPSA) is 581 Å². The Morgan fingerprint density at radius 1 is 0.556 bits per heavy atom. The van der Waals surface area contributed by atoms with Crippen LogP contribution < -0.4 is 65.1 Å². The number of thiophene rings is 1. The van der Waals surface area contributed by atoms with E-state index < -0.39 is 223 Å². The van der Waals surface area contributed by atoms with E-state index in [1.165, 1.54) is 64.6 Å². The number of carbonyl (C=O) groups is 17. The van der Waals surface area contributed by atoms with E-state index in [1.807, 2.05) is 51.3 Å². The first kappa shape index (κ1) is 104. The number of guanidine groups is 1. The molecule has 3 aliphatic heterocycles. The van der Waals surface area contributed by atoms with Gasteiger partial charge in [0.2, 0.25) is 88.6 Å². The van der Waals surface area contributed by atoms with Gasteiger partial charge in [-0.25, -0.2) is 4.98 Å². The zero-order valence-corrected chi connectivity index (χ0v) is 77.9. The molecule has 15 amide bonds. The van der Waals surface area contributed by atoms with Gasteiger partial charge in [0.1, 0.15) is 72.2 Å². The molecule has 41 heteroatoms. The van der Waals surface area contributed by atoms with Crippen LogP contribution in [0.1, 0.15) is 153 Å². The van der Waals surface area contributed by atoms with Crippen molar-refractivity contribution in [3.05, 3.63) is 125 Å². The third kappa shape index (κ3) is 29.9. The number of likely N-dealkylation sites (N-methyl/N-ethyl adjacent to an activating group) is 3. The molecule has 0 radical (unpaired) electrons. The Labute approximate surface area is 780 Å². The number of thioether (sulfide) groups is 1. The Bertz CT molecular complexity index is 5110. The van der Waals surface area contributed by atoms with Crippen molar-refractivity contribution in [1.82, 2.24) is 87.3 Å². The van der Waals surface area contributed by atoms with Crippen LogP contribution in [0.5, 0.6) is 0 Å². The quantitative estimate of drug-likeness (QED) is 0.0204. The standard InChI is InChI=1S/C92H127N21O18S2/c1-8-10-28-72-84(124)102-65(27-19-33-98-92(95)96)80(120)108-71(79(119)100-46-78(94)118)51-132-50-61(116)39-55(37-54-22-13-12-14-23-54)87(127)109(5)47-60(115)38-56(42-77(93)117)88(128)112-34-20-30-73(112)85(125)104-67(43-59-45-97-52-101-59)82(122)105-68(36-53(3)4)90(130)113-35-21-31-74(113)86(126)103-66(40-57-44-99-64-26-17-15-24-62(57)64)81(121)107-70(48-114)83(123)106-69(41-58-49-133-76-32-18-16-25-63(58)76)89(129)111(7)75(29-11-9-2)91(131)110(72)6/h12-18,22-26,32,44-45,49,52-53,55-56,65-75,99,114H,8-11,19-21,27-31,33-43,46-48,50-51H2,1-7H3,(H2,93,117)(H2,94,118)(H,97,101)(H,100,119)(H,102,124)(H,103,126)(H,104,125)(H,105,122)(H,106,123)(H,107,121)(H,108,120)(H4,95,96,98)/t55-,56+,65+,66+,67+,68+,69+,70+,71+,72+,73+,74+,75+/m1/s1. The van der Waals surface area contributed by atoms with Gasteiger partial charge in [-0.3, -0.25) is 86.9 Å². The van der Waals surface area contributed by atoms with E-state index >= 15 is 38.4 Å². The molecule has 3 fully saturated rings. The number of imidazole rings is 1. The summed E-state index contributed by atoms with van der Waals surface area (Å²) in [6.45, 7) is 4.96. The normalized spacial score (nSPS) is 23.9. The number of fused-ring (bicyclic) bond motifs is 4. The number of nitrogens with two attached hydrogens (primary N) is 3. The summed E-state index contributed by atoms with van der Waals surface area (Å²) in [7, 11) is 4.08. The number of benzene rings is 3. The number of Topliss-reactive ketones (excluding diaryl/α,β-unsaturated/α-hetero) is 2. The van der Waals surface area contributed by atoms with E-state index in [1.54, 1.807) is 66.9 Å². The molecular formula is C92H127N21O18S2. The van der Waals surface area contributed by atoms with Gasteiger partial charge >= 0.3 is 0 Å². The molecule has 0 spiro atoms. The highest BCUT2D eigenvalue weighted by Gasteiger charge is 2.45. The summed E-state index contributed by atoms with van der Waals surface area (Å²) in [6.07, 6.45) is 4.39. The number of primary amides is 2. The maximum Gasteiger partial charge on any atom is 0.245 e. The van der Waals surface area contributed by atoms with Crippen molar-refractivity contribution >= 4 is 150 Å². The summed E-state index contributed by atoms with van der Waals surface area (Å²) < 4.78 is 0.834. The molecule has 3 aromatic heterocycles. The van der Waals surface area contributed by atoms with Gasteiger partial charge in [0.05, 0.1) is 37.7 Å². The van der Waals surface area contributed by atoms with Crippen molar-refractivity contribution in [2.24, 2.45) is 35.0 Å². The molecule has 39 nitrogen and oxygen atoms in total. The van der Waals surface area contributed by atoms with Crippen LogP contribution in [0.15, 0.2) is 103 Å². The minimum atomic E-state index is -1.83. The second-order valence-corrected chi connectivity index (χ2v) is 36.7. The molecular weight excluding hydrogens is 1750 g/mol. The average Bonchev–Trinajstić information content (AvgIpc) is 1.79. The van der Waals surface area contributed by atoms with Crippen LogP contribution in [0.4, 0.5) is 0 Å². The number of hydrogen-bond donors (Lipinski definition) is 16. The number of aromatic amines is 2. The SMILES string of the molecule is CCCC[C@H]1C(=O)N(C)[C@@H](CCCC)C(=O)N[C@@H](CCCNC(=N)N)C(=O)N[C@H](C(=O)NCC(N)=O)CSCC(=O)C[C@@H](Cc2ccccc2)C(=O)N(C)CC(=O)C[C@@H](CC(N)=O)C(=O)N2CCC[C@H]2C(=O)N[C@@H](Cc2cnc[nH]2)C(=O)N[C@@H](CC(C)C)C(=O)N2CCC[C@H]2C(=O)N[C@@H](Cc2c[nH]c3ccccc23)C(=O)N[C@@H](CO)C(=O)N[C@@H](Cc2csc3ccccc23)C(=O)N1C. The lowest BCUT2D eigenvalue weighted by Crippen LogP contribution is -2.61. The largest absolute Gasteiger partial charge is 0.394 e. The fraction of sp³-hybridized carbons (Fsp3) is 0.533. The van der Waals surface area contributed by atoms with Crippen LogP contribution >= 0.6 is 23.1 Å². The van der Waals surface area contributed by atoms with Crippen molar-refractivity contribution in [3.8, 4) is 0 Å². The second-order valence-electron chi connectivity index (χ2n) is 34.8. The van der Waals surface area contributed by atoms with Gasteiger partial charge in [-0.15, -0.1) is 11.3 Å². The number of aliphatic hydroxyl groups excluding tert-OH is 1. The zero-order chi connectivity index (χ0) is 96.7. The zero-order valence-electron chi connectivity index (χ0n) is 76.3. The molecule has 133 heavy (non-hydrogen) atoms. The van der Waals surface area contributed by atoms with Crippen LogP contribution in [0.3, 0.4) is 0 Å². The van der Waals surface area contributed by atoms with E-state index in [2.05, 4.69) is 62.8 Å². The number of aromatic nitrogens is 3. The molecule has 3 aromatic carbocycles. The summed E-state index contributed by atoms with van der Waals surface area (Å²) in [5, 5.41) is 46.7. The van der Waals surface area contributed by atoms with E-state index in [-0.39, 0.29) is 121 Å². The second kappa shape index (κ2) is 50.8. The van der Waals surface area contributed by atoms with Gasteiger partial charge in [-0.1, -0.05) is 120 Å². The molecule has 0 aliphatic carbocycles. The van der Waals surface area contributed by atoms with Crippen molar-refractivity contribution in [3.63, 3.8) is 0 Å². The number of nitrogens with one attached hydrogen (secondary N) is 12. The predicted molar refractivity (Wildman–Crippen MR) is 498 cm³/mol.